The van der Waals surface area contributed by atoms with E-state index in [-0.39, 0.29) is 0 Å². The Labute approximate surface area is 136 Å². The first kappa shape index (κ1) is 18.4. The van der Waals surface area contributed by atoms with Gasteiger partial charge in [-0.2, -0.15) is 0 Å². The summed E-state index contributed by atoms with van der Waals surface area (Å²) in [6, 6.07) is 8.58. The first-order valence-corrected chi connectivity index (χ1v) is 9.31. The van der Waals surface area contributed by atoms with Crippen molar-refractivity contribution in [2.24, 2.45) is 0 Å². The van der Waals surface area contributed by atoms with E-state index in [0.717, 1.165) is 0 Å². The van der Waals surface area contributed by atoms with Crippen molar-refractivity contribution >= 4 is 17.8 Å². The Kier molecular flexibility index (Phi) is 8.84. The first-order valence-electron chi connectivity index (χ1n) is 8.49. The van der Waals surface area contributed by atoms with Gasteiger partial charge in [-0.05, 0) is 18.1 Å². The van der Waals surface area contributed by atoms with Crippen molar-refractivity contribution < 1.29 is 0 Å². The fraction of sp³-hybridized carbons (Fsp3) is 0.600. The van der Waals surface area contributed by atoms with Gasteiger partial charge in [0.15, 0.2) is 0 Å². The summed E-state index contributed by atoms with van der Waals surface area (Å²) in [6.45, 7) is 10.9. The summed E-state index contributed by atoms with van der Waals surface area (Å²) in [6.07, 6.45) is 13.0. The molecular weight excluding hydrogens is 272 g/mol. The predicted octanol–water partition coefficient (Wildman–Crippen LogP) is 7.34. The number of thioether (sulfide) groups is 1. The smallest absolute Gasteiger partial charge is 0.0151 e. The molecule has 0 aliphatic heterocycles. The quantitative estimate of drug-likeness (QED) is 0.304. The van der Waals surface area contributed by atoms with Crippen LogP contribution in [0, 0.1) is 0 Å². The molecule has 0 radical (unpaired) electrons. The summed E-state index contributed by atoms with van der Waals surface area (Å²) in [7, 11) is 0. The second-order valence-electron chi connectivity index (χ2n) is 6.48. The van der Waals surface area contributed by atoms with Crippen LogP contribution in [-0.2, 0) is 0 Å². The Morgan fingerprint density at radius 3 is 2.29 bits per heavy atom. The van der Waals surface area contributed by atoms with E-state index in [4.69, 9.17) is 0 Å². The van der Waals surface area contributed by atoms with Gasteiger partial charge in [0.1, 0.15) is 0 Å². The minimum Gasteiger partial charge on any atom is -0.119 e. The Morgan fingerprint density at radius 2 is 1.62 bits per heavy atom. The van der Waals surface area contributed by atoms with Crippen molar-refractivity contribution in [3.05, 3.63) is 36.4 Å². The van der Waals surface area contributed by atoms with Crippen LogP contribution in [-0.4, -0.2) is 4.75 Å². The van der Waals surface area contributed by atoms with Crippen molar-refractivity contribution in [1.29, 1.82) is 0 Å². The van der Waals surface area contributed by atoms with Gasteiger partial charge in [0.2, 0.25) is 0 Å². The molecule has 0 aliphatic rings. The first-order chi connectivity index (χ1) is 10.1. The van der Waals surface area contributed by atoms with Gasteiger partial charge in [-0.1, -0.05) is 96.6 Å². The third-order valence-corrected chi connectivity index (χ3v) is 5.26. The van der Waals surface area contributed by atoms with Gasteiger partial charge in [0, 0.05) is 9.64 Å². The molecule has 0 N–H and O–H groups in total. The Hall–Kier alpha value is -0.690. The normalized spacial score (nSPS) is 11.6. The van der Waals surface area contributed by atoms with Crippen molar-refractivity contribution in [3.8, 4) is 0 Å². The van der Waals surface area contributed by atoms with Crippen LogP contribution >= 0.6 is 11.8 Å². The van der Waals surface area contributed by atoms with Gasteiger partial charge in [0.05, 0.1) is 0 Å². The van der Waals surface area contributed by atoms with Gasteiger partial charge in [-0.3, -0.25) is 0 Å². The van der Waals surface area contributed by atoms with E-state index in [9.17, 15) is 0 Å². The summed E-state index contributed by atoms with van der Waals surface area (Å²) in [5.74, 6) is 0. The van der Waals surface area contributed by atoms with Crippen LogP contribution in [0.5, 0.6) is 0 Å². The zero-order valence-corrected chi connectivity index (χ0v) is 15.0. The van der Waals surface area contributed by atoms with Crippen LogP contribution in [0.1, 0.15) is 77.7 Å². The lowest BCUT2D eigenvalue weighted by molar-refractivity contribution is 0.536. The van der Waals surface area contributed by atoms with Gasteiger partial charge >= 0.3 is 0 Å². The highest BCUT2D eigenvalue weighted by Gasteiger charge is 2.19. The zero-order chi connectivity index (χ0) is 15.6. The number of hydrogen-bond acceptors (Lipinski definition) is 1. The van der Waals surface area contributed by atoms with E-state index in [1.54, 1.807) is 0 Å². The molecule has 0 fully saturated rings. The standard InChI is InChI=1S/C20H32S/c1-5-7-8-9-10-11-14-17-20(3,4)21-19-16-13-12-15-18(19)6-2/h6,12-13,15-16H,2,5,7-11,14,17H2,1,3-4H3. The van der Waals surface area contributed by atoms with Crippen LogP contribution < -0.4 is 0 Å². The Morgan fingerprint density at radius 1 is 1.00 bits per heavy atom. The second kappa shape index (κ2) is 10.1. The van der Waals surface area contributed by atoms with E-state index >= 15 is 0 Å². The maximum Gasteiger partial charge on any atom is 0.0151 e. The van der Waals surface area contributed by atoms with Gasteiger partial charge < -0.3 is 0 Å². The molecule has 0 spiro atoms. The summed E-state index contributed by atoms with van der Waals surface area (Å²) < 4.78 is 0.308. The summed E-state index contributed by atoms with van der Waals surface area (Å²) >= 11 is 2.00. The molecule has 0 aliphatic carbocycles. The fourth-order valence-corrected chi connectivity index (χ4v) is 3.86. The van der Waals surface area contributed by atoms with Crippen molar-refractivity contribution in [2.75, 3.05) is 0 Å². The van der Waals surface area contributed by atoms with E-state index in [1.165, 1.54) is 61.8 Å². The van der Waals surface area contributed by atoms with E-state index in [1.807, 2.05) is 17.8 Å². The molecule has 1 aromatic carbocycles. The fourth-order valence-electron chi connectivity index (χ4n) is 2.60. The molecule has 0 amide bonds. The molecule has 1 aromatic rings. The second-order valence-corrected chi connectivity index (χ2v) is 8.22. The summed E-state index contributed by atoms with van der Waals surface area (Å²) in [5.41, 5.74) is 1.26. The highest BCUT2D eigenvalue weighted by molar-refractivity contribution is 8.00. The Bertz CT molecular complexity index is 406. The molecule has 1 heteroatoms. The molecule has 0 aromatic heterocycles. The third kappa shape index (κ3) is 7.76. The minimum atomic E-state index is 0.308. The van der Waals surface area contributed by atoms with Crippen LogP contribution in [0.2, 0.25) is 0 Å². The highest BCUT2D eigenvalue weighted by Crippen LogP contribution is 2.38. The van der Waals surface area contributed by atoms with E-state index in [0.29, 0.717) is 4.75 Å². The number of hydrogen-bond donors (Lipinski definition) is 0. The average Bonchev–Trinajstić information content (AvgIpc) is 2.46. The van der Waals surface area contributed by atoms with E-state index in [2.05, 4.69) is 51.6 Å². The molecule has 21 heavy (non-hydrogen) atoms. The van der Waals surface area contributed by atoms with Crippen molar-refractivity contribution in [1.82, 2.24) is 0 Å². The zero-order valence-electron chi connectivity index (χ0n) is 14.2. The largest absolute Gasteiger partial charge is 0.119 e. The van der Waals surface area contributed by atoms with Gasteiger partial charge in [0.25, 0.3) is 0 Å². The highest BCUT2D eigenvalue weighted by atomic mass is 32.2. The topological polar surface area (TPSA) is 0 Å². The van der Waals surface area contributed by atoms with Gasteiger partial charge in [-0.15, -0.1) is 11.8 Å². The molecular formula is C20H32S. The van der Waals surface area contributed by atoms with E-state index < -0.39 is 0 Å². The van der Waals surface area contributed by atoms with Crippen LogP contribution in [0.3, 0.4) is 0 Å². The number of rotatable bonds is 11. The Balaban J connectivity index is 2.31. The molecule has 0 bridgehead atoms. The lowest BCUT2D eigenvalue weighted by Gasteiger charge is -2.25. The maximum atomic E-state index is 3.92. The SMILES string of the molecule is C=Cc1ccccc1SC(C)(C)CCCCCCCCC. The van der Waals surface area contributed by atoms with Crippen molar-refractivity contribution in [2.45, 2.75) is 81.8 Å². The lowest BCUT2D eigenvalue weighted by Crippen LogP contribution is -2.14. The summed E-state index contributed by atoms with van der Waals surface area (Å²) in [4.78, 5) is 1.36. The molecule has 0 atom stereocenters. The van der Waals surface area contributed by atoms with Crippen LogP contribution in [0.25, 0.3) is 6.08 Å². The van der Waals surface area contributed by atoms with Gasteiger partial charge in [-0.25, -0.2) is 0 Å². The maximum absolute atomic E-state index is 3.92. The molecule has 0 nitrogen and oxygen atoms in total. The monoisotopic (exact) mass is 304 g/mol. The summed E-state index contributed by atoms with van der Waals surface area (Å²) in [5, 5.41) is 0. The molecule has 0 heterocycles. The molecule has 118 valence electrons. The lowest BCUT2D eigenvalue weighted by atomic mass is 10.0. The average molecular weight is 305 g/mol. The number of unbranched alkanes of at least 4 members (excludes halogenated alkanes) is 6. The van der Waals surface area contributed by atoms with Crippen molar-refractivity contribution in [3.63, 3.8) is 0 Å². The molecule has 0 unspecified atom stereocenters. The molecule has 0 saturated heterocycles. The van der Waals surface area contributed by atoms with Crippen LogP contribution in [0.4, 0.5) is 0 Å². The van der Waals surface area contributed by atoms with Crippen LogP contribution in [0.15, 0.2) is 35.7 Å². The predicted molar refractivity (Wildman–Crippen MR) is 99.1 cm³/mol. The molecule has 0 saturated carbocycles. The minimum absolute atomic E-state index is 0.308. The third-order valence-electron chi connectivity index (χ3n) is 3.91. The molecule has 1 rings (SSSR count). The number of benzene rings is 1.